The fourth-order valence-electron chi connectivity index (χ4n) is 1.74. The third kappa shape index (κ3) is 3.93. The Hall–Kier alpha value is -2.66. The van der Waals surface area contributed by atoms with Crippen LogP contribution in [0.1, 0.15) is 11.3 Å². The highest BCUT2D eigenvalue weighted by molar-refractivity contribution is 7.80. The van der Waals surface area contributed by atoms with E-state index in [0.29, 0.717) is 0 Å². The molecule has 2 rings (SSSR count). The van der Waals surface area contributed by atoms with Crippen molar-refractivity contribution in [3.05, 3.63) is 53.5 Å². The van der Waals surface area contributed by atoms with Gasteiger partial charge in [-0.25, -0.2) is 18.7 Å². The molecule has 0 saturated heterocycles. The standard InChI is InChI=1S/C14H11F2N5S/c15-10-2-1-3-11(16)9(10)4-5-20-14(22)21-13-12(8-17)18-6-7-19-13/h1-3,6-7H,4-5H2,(H2,19,20,21,22). The van der Waals surface area contributed by atoms with E-state index >= 15 is 0 Å². The maximum atomic E-state index is 13.4. The van der Waals surface area contributed by atoms with Crippen molar-refractivity contribution in [3.63, 3.8) is 0 Å². The van der Waals surface area contributed by atoms with E-state index in [-0.39, 0.29) is 35.2 Å². The molecule has 0 bridgehead atoms. The molecule has 0 aliphatic heterocycles. The van der Waals surface area contributed by atoms with Crippen molar-refractivity contribution in [2.24, 2.45) is 0 Å². The third-order valence-electron chi connectivity index (χ3n) is 2.76. The summed E-state index contributed by atoms with van der Waals surface area (Å²) in [7, 11) is 0. The van der Waals surface area contributed by atoms with Crippen molar-refractivity contribution in [1.29, 1.82) is 5.26 Å². The van der Waals surface area contributed by atoms with Crippen molar-refractivity contribution in [1.82, 2.24) is 15.3 Å². The van der Waals surface area contributed by atoms with Gasteiger partial charge in [-0.05, 0) is 30.8 Å². The average molecular weight is 319 g/mol. The highest BCUT2D eigenvalue weighted by Gasteiger charge is 2.09. The number of hydrogen-bond acceptors (Lipinski definition) is 4. The number of benzene rings is 1. The molecule has 0 aliphatic rings. The Morgan fingerprint density at radius 1 is 1.23 bits per heavy atom. The largest absolute Gasteiger partial charge is 0.362 e. The zero-order chi connectivity index (χ0) is 15.9. The van der Waals surface area contributed by atoms with Gasteiger partial charge in [0.05, 0.1) is 0 Å². The molecule has 1 heterocycles. The topological polar surface area (TPSA) is 73.6 Å². The number of anilines is 1. The molecule has 1 aromatic carbocycles. The first-order valence-corrected chi connectivity index (χ1v) is 6.71. The zero-order valence-electron chi connectivity index (χ0n) is 11.3. The minimum Gasteiger partial charge on any atom is -0.362 e. The summed E-state index contributed by atoms with van der Waals surface area (Å²) in [6.07, 6.45) is 2.94. The Balaban J connectivity index is 1.90. The van der Waals surface area contributed by atoms with E-state index in [2.05, 4.69) is 20.6 Å². The van der Waals surface area contributed by atoms with E-state index < -0.39 is 11.6 Å². The number of nitrogens with one attached hydrogen (secondary N) is 2. The molecule has 0 unspecified atom stereocenters. The van der Waals surface area contributed by atoms with Gasteiger partial charge in [-0.15, -0.1) is 0 Å². The number of hydrogen-bond donors (Lipinski definition) is 2. The quantitative estimate of drug-likeness (QED) is 0.841. The van der Waals surface area contributed by atoms with E-state index in [4.69, 9.17) is 17.5 Å². The Kier molecular flexibility index (Phi) is 5.27. The summed E-state index contributed by atoms with van der Waals surface area (Å²) in [6, 6.07) is 5.59. The predicted molar refractivity (Wildman–Crippen MR) is 81.0 cm³/mol. The molecular weight excluding hydrogens is 308 g/mol. The zero-order valence-corrected chi connectivity index (χ0v) is 12.1. The summed E-state index contributed by atoms with van der Waals surface area (Å²) in [5, 5.41) is 14.6. The normalized spacial score (nSPS) is 9.86. The molecule has 0 atom stereocenters. The van der Waals surface area contributed by atoms with E-state index in [1.807, 2.05) is 6.07 Å². The van der Waals surface area contributed by atoms with Gasteiger partial charge in [0.1, 0.15) is 17.7 Å². The molecule has 8 heteroatoms. The molecule has 1 aromatic heterocycles. The number of nitriles is 1. The molecule has 5 nitrogen and oxygen atoms in total. The minimum atomic E-state index is -0.596. The Labute approximate surface area is 131 Å². The lowest BCUT2D eigenvalue weighted by Crippen LogP contribution is -2.31. The van der Waals surface area contributed by atoms with Crippen molar-refractivity contribution in [2.45, 2.75) is 6.42 Å². The van der Waals surface area contributed by atoms with Crippen LogP contribution < -0.4 is 10.6 Å². The molecular formula is C14H11F2N5S. The Bertz CT molecular complexity index is 709. The fraction of sp³-hybridized carbons (Fsp3) is 0.143. The smallest absolute Gasteiger partial charge is 0.183 e. The summed E-state index contributed by atoms with van der Waals surface area (Å²) < 4.78 is 26.9. The van der Waals surface area contributed by atoms with Crippen molar-refractivity contribution in [3.8, 4) is 6.07 Å². The van der Waals surface area contributed by atoms with Gasteiger partial charge in [0.15, 0.2) is 16.6 Å². The van der Waals surface area contributed by atoms with E-state index in [0.717, 1.165) is 0 Å². The van der Waals surface area contributed by atoms with Crippen LogP contribution in [0.4, 0.5) is 14.6 Å². The van der Waals surface area contributed by atoms with Crippen LogP contribution in [0.15, 0.2) is 30.6 Å². The number of halogens is 2. The van der Waals surface area contributed by atoms with Crippen LogP contribution in [0.25, 0.3) is 0 Å². The van der Waals surface area contributed by atoms with Gasteiger partial charge in [-0.3, -0.25) is 0 Å². The Morgan fingerprint density at radius 2 is 1.91 bits per heavy atom. The number of rotatable bonds is 4. The van der Waals surface area contributed by atoms with Gasteiger partial charge in [0.25, 0.3) is 0 Å². The molecule has 112 valence electrons. The SMILES string of the molecule is N#Cc1nccnc1NC(=S)NCCc1c(F)cccc1F. The first kappa shape index (κ1) is 15.7. The molecule has 0 amide bonds. The maximum absolute atomic E-state index is 13.4. The van der Waals surface area contributed by atoms with Crippen LogP contribution in [0.2, 0.25) is 0 Å². The second-order valence-corrected chi connectivity index (χ2v) is 4.60. The van der Waals surface area contributed by atoms with Crippen LogP contribution in [0.5, 0.6) is 0 Å². The number of aromatic nitrogens is 2. The lowest BCUT2D eigenvalue weighted by molar-refractivity contribution is 0.553. The monoisotopic (exact) mass is 319 g/mol. The first-order valence-electron chi connectivity index (χ1n) is 6.30. The van der Waals surface area contributed by atoms with Crippen LogP contribution in [-0.2, 0) is 6.42 Å². The van der Waals surface area contributed by atoms with Gasteiger partial charge in [0, 0.05) is 24.5 Å². The van der Waals surface area contributed by atoms with Gasteiger partial charge in [-0.1, -0.05) is 6.07 Å². The highest BCUT2D eigenvalue weighted by Crippen LogP contribution is 2.12. The fourth-order valence-corrected chi connectivity index (χ4v) is 1.93. The minimum absolute atomic E-state index is 0.00461. The molecule has 0 spiro atoms. The van der Waals surface area contributed by atoms with Gasteiger partial charge in [0.2, 0.25) is 0 Å². The molecule has 0 fully saturated rings. The molecule has 0 saturated carbocycles. The van der Waals surface area contributed by atoms with Crippen molar-refractivity contribution < 1.29 is 8.78 Å². The van der Waals surface area contributed by atoms with Crippen molar-refractivity contribution in [2.75, 3.05) is 11.9 Å². The van der Waals surface area contributed by atoms with Crippen molar-refractivity contribution >= 4 is 23.1 Å². The van der Waals surface area contributed by atoms with Gasteiger partial charge >= 0.3 is 0 Å². The lowest BCUT2D eigenvalue weighted by atomic mass is 10.1. The molecule has 22 heavy (non-hydrogen) atoms. The third-order valence-corrected chi connectivity index (χ3v) is 3.00. The van der Waals surface area contributed by atoms with Crippen LogP contribution in [-0.4, -0.2) is 21.6 Å². The summed E-state index contributed by atoms with van der Waals surface area (Å²) in [5.74, 6) is -0.970. The molecule has 0 radical (unpaired) electrons. The summed E-state index contributed by atoms with van der Waals surface area (Å²) in [6.45, 7) is 0.228. The van der Waals surface area contributed by atoms with Crippen LogP contribution in [0, 0.1) is 23.0 Å². The highest BCUT2D eigenvalue weighted by atomic mass is 32.1. The summed E-state index contributed by atoms with van der Waals surface area (Å²) in [5.41, 5.74) is 0.0989. The maximum Gasteiger partial charge on any atom is 0.183 e. The van der Waals surface area contributed by atoms with E-state index in [9.17, 15) is 8.78 Å². The average Bonchev–Trinajstić information content (AvgIpc) is 2.51. The van der Waals surface area contributed by atoms with Gasteiger partial charge in [-0.2, -0.15) is 5.26 Å². The van der Waals surface area contributed by atoms with E-state index in [1.54, 1.807) is 0 Å². The first-order chi connectivity index (χ1) is 10.6. The van der Waals surface area contributed by atoms with E-state index in [1.165, 1.54) is 30.6 Å². The van der Waals surface area contributed by atoms with Gasteiger partial charge < -0.3 is 10.6 Å². The number of thiocarbonyl (C=S) groups is 1. The Morgan fingerprint density at radius 3 is 2.59 bits per heavy atom. The second-order valence-electron chi connectivity index (χ2n) is 4.20. The second kappa shape index (κ2) is 7.38. The summed E-state index contributed by atoms with van der Waals surface area (Å²) in [4.78, 5) is 7.77. The molecule has 2 aromatic rings. The summed E-state index contributed by atoms with van der Waals surface area (Å²) >= 11 is 5.04. The van der Waals surface area contributed by atoms with Crippen LogP contribution in [0.3, 0.4) is 0 Å². The molecule has 2 N–H and O–H groups in total. The predicted octanol–water partition coefficient (Wildman–Crippen LogP) is 2.16. The van der Waals surface area contributed by atoms with Crippen LogP contribution >= 0.6 is 12.2 Å². The lowest BCUT2D eigenvalue weighted by Gasteiger charge is -2.10. The number of nitrogens with zero attached hydrogens (tertiary/aromatic N) is 3. The molecule has 0 aliphatic carbocycles.